The number of hydrazone groups is 1. The maximum Gasteiger partial charge on any atom is 0.312 e. The van der Waals surface area contributed by atoms with Crippen molar-refractivity contribution in [3.05, 3.63) is 118 Å². The lowest BCUT2D eigenvalue weighted by Crippen LogP contribution is -2.46. The molecule has 4 aliphatic heterocycles. The number of benzene rings is 4. The van der Waals surface area contributed by atoms with Crippen molar-refractivity contribution in [3.63, 3.8) is 0 Å². The van der Waals surface area contributed by atoms with Crippen LogP contribution < -0.4 is 46.2 Å². The molecular formula is C67H87N11O18S. The molecule has 1 saturated heterocycles. The molecule has 524 valence electrons. The molecule has 0 saturated carbocycles. The highest BCUT2D eigenvalue weighted by molar-refractivity contribution is 7.92. The van der Waals surface area contributed by atoms with Gasteiger partial charge in [-0.15, -0.1) is 0 Å². The Hall–Kier alpha value is -9.88. The van der Waals surface area contributed by atoms with Gasteiger partial charge in [-0.2, -0.15) is 10.1 Å². The maximum atomic E-state index is 14.4. The number of ether oxygens (including phenoxy) is 7. The number of aliphatic hydroxyl groups is 2. The van der Waals surface area contributed by atoms with Crippen LogP contribution in [0.25, 0.3) is 10.8 Å². The quantitative estimate of drug-likeness (QED) is 0.0194. The van der Waals surface area contributed by atoms with E-state index in [9.17, 15) is 48.3 Å². The number of allylic oxidation sites excluding steroid dienone is 2. The monoisotopic (exact) mass is 1370 g/mol. The Morgan fingerprint density at radius 2 is 1.52 bits per heavy atom. The molecule has 2 aromatic heterocycles. The number of nitrogens with zero attached hydrogens (tertiary/aromatic N) is 6. The number of hydrogen-bond acceptors (Lipinski definition) is 27. The van der Waals surface area contributed by atoms with Crippen LogP contribution in [-0.4, -0.2) is 175 Å². The van der Waals surface area contributed by atoms with E-state index < -0.39 is 98.8 Å². The second-order valence-electron chi connectivity index (χ2n) is 24.0. The summed E-state index contributed by atoms with van der Waals surface area (Å²) in [5.74, 6) is -5.43. The van der Waals surface area contributed by atoms with Crippen LogP contribution in [0.5, 0.6) is 40.2 Å². The maximum absolute atomic E-state index is 14.4. The van der Waals surface area contributed by atoms with Gasteiger partial charge in [-0.05, 0) is 75.9 Å². The van der Waals surface area contributed by atoms with Crippen molar-refractivity contribution in [2.45, 2.75) is 104 Å². The molecule has 0 aliphatic carbocycles. The third-order valence-corrected chi connectivity index (χ3v) is 18.3. The molecule has 4 aromatic carbocycles. The summed E-state index contributed by atoms with van der Waals surface area (Å²) in [4.78, 5) is 50.6. The smallest absolute Gasteiger partial charge is 0.312 e. The number of nitrogens with two attached hydrogens (primary N) is 3. The van der Waals surface area contributed by atoms with Gasteiger partial charge in [0.1, 0.15) is 34.9 Å². The first-order chi connectivity index (χ1) is 45.8. The number of anilines is 5. The first-order valence-electron chi connectivity index (χ1n) is 30.8. The van der Waals surface area contributed by atoms with Gasteiger partial charge in [0.2, 0.25) is 11.7 Å². The molecule has 0 unspecified atom stereocenters. The molecule has 9 atom stereocenters. The Labute approximate surface area is 562 Å². The summed E-state index contributed by atoms with van der Waals surface area (Å²) in [7, 11) is 4.48. The van der Waals surface area contributed by atoms with Crippen molar-refractivity contribution in [3.8, 4) is 40.2 Å². The summed E-state index contributed by atoms with van der Waals surface area (Å²) in [6.07, 6.45) is 7.00. The number of aromatic hydroxyl groups is 3. The van der Waals surface area contributed by atoms with Gasteiger partial charge in [-0.3, -0.25) is 24.1 Å². The third-order valence-electron chi connectivity index (χ3n) is 17.0. The van der Waals surface area contributed by atoms with E-state index in [2.05, 4.69) is 35.2 Å². The predicted molar refractivity (Wildman–Crippen MR) is 363 cm³/mol. The standard InChI is InChI=1S/C43H58N4O12.C14H18N4O3.C10H11N3O3S/c1-21-12-11-13-22(2)42(55)45-33-28(20-44-47-17-15-46(9)16-18-47)37(52)30-31(38(33)53)36(51)26(6)40-32(30)41(54)43(8,59-40)57-19-14-29(56-10)23(3)39(58-27(7)48)25(5)35(50)24(4)34(21)49;1-19-10-5-8(6-11(20-2)12(10)21-3)4-9-7-17-14(16)18-13(9)15;1-7-6-10(12-16-7)13-17(14,15)9-4-2-8(11)3-5-9/h11-14,19-21,23-25,29,34-35,39,49-53H,15-18H2,1-10H3,(H,45,55);5-7H,4H2,1-3H3,(H4,15,16,17,18);2-6H,11H2,1H3,(H,12,13)/b12-11+,19-14+,22-13-,44-20+;;/t21-,23+,24+,25+,29-,34-,35+,39+,43-;;/m0../s1. The van der Waals surface area contributed by atoms with E-state index in [0.717, 1.165) is 24.2 Å². The summed E-state index contributed by atoms with van der Waals surface area (Å²) >= 11 is 0. The fraction of sp³-hybridized carbons (Fsp3) is 0.418. The summed E-state index contributed by atoms with van der Waals surface area (Å²) < 4.78 is 70.4. The fourth-order valence-electron chi connectivity index (χ4n) is 11.2. The number of aliphatic hydroxyl groups excluding tert-OH is 2. The van der Waals surface area contributed by atoms with Gasteiger partial charge >= 0.3 is 11.8 Å². The van der Waals surface area contributed by atoms with Gasteiger partial charge in [-0.1, -0.05) is 51.1 Å². The number of piperazine rings is 1. The summed E-state index contributed by atoms with van der Waals surface area (Å²) in [6, 6.07) is 11.1. The van der Waals surface area contributed by atoms with E-state index in [0.29, 0.717) is 54.0 Å². The number of esters is 1. The minimum absolute atomic E-state index is 0.0559. The van der Waals surface area contributed by atoms with Crippen LogP contribution in [0, 0.1) is 37.5 Å². The molecule has 1 amide bonds. The van der Waals surface area contributed by atoms with E-state index in [4.69, 9.17) is 54.9 Å². The molecule has 0 spiro atoms. The molecule has 10 rings (SSSR count). The number of nitrogens with one attached hydrogen (secondary N) is 2. The van der Waals surface area contributed by atoms with Crippen LogP contribution in [0.4, 0.5) is 29.0 Å². The highest BCUT2D eigenvalue weighted by atomic mass is 32.2. The number of rotatable bonds is 12. The molecule has 13 N–H and O–H groups in total. The SMILES string of the molecule is CO[C@H]1/C=C/O[C@@]2(C)Oc3c(C)c(O)c4c(O)c(c(/C=N/N5CCN(C)CC5)c(O)c4c3C2=O)NC(=O)/C(C)=C\C=C\[C@H](C)[C@H](O)[C@@H](C)[C@@H](O)[C@@H](C)[C@H](OC(C)=O)[C@@H]1C.COc1cc(Cc2cnc(N)nc2N)cc(OC)c1OC.Cc1cc(NS(=O)(=O)c2ccc(N)cc2)no1. The van der Waals surface area contributed by atoms with Gasteiger partial charge in [0.15, 0.2) is 23.1 Å². The summed E-state index contributed by atoms with van der Waals surface area (Å²) in [6.45, 7) is 16.8. The van der Waals surface area contributed by atoms with Crippen LogP contribution in [-0.2, 0) is 40.2 Å². The molecule has 6 heterocycles. The topological polar surface area (TPSA) is 424 Å². The largest absolute Gasteiger partial charge is 0.507 e. The molecule has 1 fully saturated rings. The number of carbonyl (C=O) groups is 3. The number of phenolic OH excluding ortho intramolecular Hbond substituents is 3. The Morgan fingerprint density at radius 3 is 2.09 bits per heavy atom. The summed E-state index contributed by atoms with van der Waals surface area (Å²) in [5.41, 5.74) is 18.7. The van der Waals surface area contributed by atoms with Crippen molar-refractivity contribution in [2.75, 3.05) is 88.9 Å². The summed E-state index contributed by atoms with van der Waals surface area (Å²) in [5, 5.41) is 70.4. The Balaban J connectivity index is 0.000000280. The number of Topliss-reactive ketones (excluding diaryl/α,β-unsaturated/α-hetero) is 1. The minimum Gasteiger partial charge on any atom is -0.507 e. The second kappa shape index (κ2) is 31.8. The number of fused-ring (bicyclic) bond motifs is 14. The highest BCUT2D eigenvalue weighted by Crippen LogP contribution is 2.55. The molecule has 97 heavy (non-hydrogen) atoms. The van der Waals surface area contributed by atoms with Crippen LogP contribution in [0.1, 0.15) is 86.8 Å². The van der Waals surface area contributed by atoms with Crippen molar-refractivity contribution in [2.24, 2.45) is 28.8 Å². The lowest BCUT2D eigenvalue weighted by molar-refractivity contribution is -0.160. The highest BCUT2D eigenvalue weighted by Gasteiger charge is 2.50. The molecule has 0 radical (unpaired) electrons. The van der Waals surface area contributed by atoms with Crippen molar-refractivity contribution in [1.29, 1.82) is 0 Å². The molecule has 29 nitrogen and oxygen atoms in total. The first-order valence-corrected chi connectivity index (χ1v) is 32.3. The fourth-order valence-corrected chi connectivity index (χ4v) is 12.2. The number of carbonyl (C=O) groups excluding carboxylic acids is 3. The number of likely N-dealkylation sites (N-methyl/N-ethyl adjacent to an activating group) is 1. The average Bonchev–Trinajstić information content (AvgIpc) is 1.61. The van der Waals surface area contributed by atoms with E-state index in [1.54, 1.807) is 79.3 Å². The van der Waals surface area contributed by atoms with E-state index in [1.807, 2.05) is 19.2 Å². The minimum atomic E-state index is -3.64. The van der Waals surface area contributed by atoms with Crippen LogP contribution in [0.15, 0.2) is 99.3 Å². The Morgan fingerprint density at radius 1 is 0.866 bits per heavy atom. The van der Waals surface area contributed by atoms with Crippen LogP contribution >= 0.6 is 0 Å². The normalized spacial score (nSPS) is 23.7. The van der Waals surface area contributed by atoms with E-state index in [1.165, 1.54) is 89.8 Å². The Kier molecular flexibility index (Phi) is 24.4. The molecule has 4 aliphatic rings. The van der Waals surface area contributed by atoms with Gasteiger partial charge in [0.25, 0.3) is 21.7 Å². The number of sulfonamides is 1. The number of aromatic nitrogens is 3. The van der Waals surface area contributed by atoms with E-state index in [-0.39, 0.29) is 61.1 Å². The number of nitrogen functional groups attached to an aromatic ring is 3. The van der Waals surface area contributed by atoms with Crippen molar-refractivity contribution >= 4 is 73.6 Å². The van der Waals surface area contributed by atoms with Gasteiger partial charge < -0.3 is 90.6 Å². The average molecular weight is 1370 g/mol. The number of ketones is 1. The second-order valence-corrected chi connectivity index (χ2v) is 25.6. The number of aryl methyl sites for hydroxylation is 1. The first kappa shape index (κ1) is 74.5. The zero-order valence-electron chi connectivity index (χ0n) is 56.6. The molecule has 5 bridgehead atoms. The number of phenols is 3. The van der Waals surface area contributed by atoms with Gasteiger partial charge in [0, 0.05) is 117 Å². The lowest BCUT2D eigenvalue weighted by atomic mass is 9.78. The molecular weight excluding hydrogens is 1280 g/mol. The number of hydrogen-bond donors (Lipinski definition) is 10. The van der Waals surface area contributed by atoms with Crippen molar-refractivity contribution < 1.29 is 86.0 Å². The molecule has 30 heteroatoms. The lowest BCUT2D eigenvalue weighted by Gasteiger charge is -2.38. The Bertz CT molecular complexity index is 4050. The van der Waals surface area contributed by atoms with Crippen LogP contribution in [0.3, 0.4) is 0 Å². The number of amides is 1. The zero-order valence-corrected chi connectivity index (χ0v) is 57.4. The van der Waals surface area contributed by atoms with Crippen molar-refractivity contribution in [1.82, 2.24) is 25.0 Å². The zero-order chi connectivity index (χ0) is 71.5. The van der Waals surface area contributed by atoms with Gasteiger partial charge in [0.05, 0.1) is 79.2 Å². The van der Waals surface area contributed by atoms with Crippen LogP contribution in [0.2, 0.25) is 0 Å². The number of methoxy groups -OCH3 is 4. The van der Waals surface area contributed by atoms with Gasteiger partial charge in [-0.25, -0.2) is 13.4 Å². The molecule has 6 aromatic rings. The third kappa shape index (κ3) is 17.2. The predicted octanol–water partition coefficient (Wildman–Crippen LogP) is 6.96. The van der Waals surface area contributed by atoms with E-state index >= 15 is 0 Å².